The summed E-state index contributed by atoms with van der Waals surface area (Å²) < 4.78 is 1.81. The molecule has 1 aromatic carbocycles. The standard InChI is InChI=1S/C14H18N6S/c1-11(2)16-7-8-20-14(17-18-19-20)21-10-13-5-3-12(9-15)4-6-13/h3-6,11,16H,7-8,10H2,1-2H3. The summed E-state index contributed by atoms with van der Waals surface area (Å²) in [5.41, 5.74) is 1.82. The molecule has 1 N–H and O–H groups in total. The molecule has 0 spiro atoms. The van der Waals surface area contributed by atoms with Gasteiger partial charge in [-0.25, -0.2) is 4.68 Å². The molecule has 2 rings (SSSR count). The second kappa shape index (κ2) is 7.76. The molecule has 0 aliphatic heterocycles. The number of tetrazole rings is 1. The maximum atomic E-state index is 8.78. The second-order valence-corrected chi connectivity index (χ2v) is 5.83. The van der Waals surface area contributed by atoms with Gasteiger partial charge in [0.15, 0.2) is 0 Å². The van der Waals surface area contributed by atoms with Gasteiger partial charge in [0.25, 0.3) is 0 Å². The molecule has 0 radical (unpaired) electrons. The highest BCUT2D eigenvalue weighted by Crippen LogP contribution is 2.19. The SMILES string of the molecule is CC(C)NCCn1nnnc1SCc1ccc(C#N)cc1. The van der Waals surface area contributed by atoms with Gasteiger partial charge in [-0.05, 0) is 28.1 Å². The van der Waals surface area contributed by atoms with Crippen molar-refractivity contribution in [3.63, 3.8) is 0 Å². The van der Waals surface area contributed by atoms with Crippen molar-refractivity contribution in [2.24, 2.45) is 0 Å². The van der Waals surface area contributed by atoms with Crippen LogP contribution in [0.3, 0.4) is 0 Å². The summed E-state index contributed by atoms with van der Waals surface area (Å²) >= 11 is 1.60. The molecule has 0 atom stereocenters. The van der Waals surface area contributed by atoms with Gasteiger partial charge in [0.05, 0.1) is 18.2 Å². The number of nitriles is 1. The molecule has 7 heteroatoms. The third kappa shape index (κ3) is 4.85. The van der Waals surface area contributed by atoms with Crippen LogP contribution in [0.2, 0.25) is 0 Å². The van der Waals surface area contributed by atoms with Crippen LogP contribution >= 0.6 is 11.8 Å². The summed E-state index contributed by atoms with van der Waals surface area (Å²) in [6.45, 7) is 5.81. The lowest BCUT2D eigenvalue weighted by Crippen LogP contribution is -2.27. The zero-order chi connectivity index (χ0) is 15.1. The molecule has 1 aromatic heterocycles. The Hall–Kier alpha value is -1.91. The molecule has 0 fully saturated rings. The molecule has 21 heavy (non-hydrogen) atoms. The van der Waals surface area contributed by atoms with E-state index in [2.05, 4.69) is 40.8 Å². The largest absolute Gasteiger partial charge is 0.313 e. The van der Waals surface area contributed by atoms with E-state index in [1.165, 1.54) is 0 Å². The van der Waals surface area contributed by atoms with Crippen molar-refractivity contribution >= 4 is 11.8 Å². The summed E-state index contributed by atoms with van der Waals surface area (Å²) in [4.78, 5) is 0. The Kier molecular flexibility index (Phi) is 5.72. The number of nitrogens with one attached hydrogen (secondary N) is 1. The van der Waals surface area contributed by atoms with E-state index >= 15 is 0 Å². The number of benzene rings is 1. The zero-order valence-corrected chi connectivity index (χ0v) is 13.0. The summed E-state index contributed by atoms with van der Waals surface area (Å²) in [5.74, 6) is 0.781. The molecule has 6 nitrogen and oxygen atoms in total. The minimum atomic E-state index is 0.455. The van der Waals surface area contributed by atoms with Crippen LogP contribution in [0.4, 0.5) is 0 Å². The summed E-state index contributed by atoms with van der Waals surface area (Å²) in [7, 11) is 0. The van der Waals surface area contributed by atoms with Crippen LogP contribution in [0.15, 0.2) is 29.4 Å². The quantitative estimate of drug-likeness (QED) is 0.786. The smallest absolute Gasteiger partial charge is 0.209 e. The Bertz CT molecular complexity index is 599. The predicted molar refractivity (Wildman–Crippen MR) is 81.7 cm³/mol. The van der Waals surface area contributed by atoms with Crippen molar-refractivity contribution in [3.8, 4) is 6.07 Å². The van der Waals surface area contributed by atoms with E-state index in [1.807, 2.05) is 28.9 Å². The highest BCUT2D eigenvalue weighted by atomic mass is 32.2. The van der Waals surface area contributed by atoms with E-state index in [1.54, 1.807) is 11.8 Å². The monoisotopic (exact) mass is 302 g/mol. The molecule has 0 saturated heterocycles. The summed E-state index contributed by atoms with van der Waals surface area (Å²) in [5, 5.41) is 24.7. The van der Waals surface area contributed by atoms with Crippen molar-refractivity contribution < 1.29 is 0 Å². The van der Waals surface area contributed by atoms with Crippen molar-refractivity contribution in [2.75, 3.05) is 6.54 Å². The van der Waals surface area contributed by atoms with Crippen LogP contribution in [0, 0.1) is 11.3 Å². The minimum Gasteiger partial charge on any atom is -0.313 e. The lowest BCUT2D eigenvalue weighted by Gasteiger charge is -2.08. The molecule has 0 amide bonds. The summed E-state index contributed by atoms with van der Waals surface area (Å²) in [6, 6.07) is 10.1. The molecule has 0 saturated carbocycles. The topological polar surface area (TPSA) is 79.4 Å². The average Bonchev–Trinajstić information content (AvgIpc) is 2.93. The Morgan fingerprint density at radius 3 is 2.76 bits per heavy atom. The molecule has 0 aliphatic rings. The molecule has 0 aliphatic carbocycles. The van der Waals surface area contributed by atoms with Gasteiger partial charge < -0.3 is 5.32 Å². The number of hydrogen-bond donors (Lipinski definition) is 1. The maximum absolute atomic E-state index is 8.78. The number of aromatic nitrogens is 4. The van der Waals surface area contributed by atoms with Crippen LogP contribution in [0.25, 0.3) is 0 Å². The van der Waals surface area contributed by atoms with Crippen LogP contribution in [-0.4, -0.2) is 32.8 Å². The van der Waals surface area contributed by atoms with Gasteiger partial charge in [-0.1, -0.05) is 37.7 Å². The van der Waals surface area contributed by atoms with Gasteiger partial charge in [-0.15, -0.1) is 5.10 Å². The van der Waals surface area contributed by atoms with Crippen molar-refractivity contribution in [3.05, 3.63) is 35.4 Å². The highest BCUT2D eigenvalue weighted by Gasteiger charge is 2.07. The first kappa shape index (κ1) is 15.5. The lowest BCUT2D eigenvalue weighted by molar-refractivity contribution is 0.485. The number of nitrogens with zero attached hydrogens (tertiary/aromatic N) is 5. The first-order valence-corrected chi connectivity index (χ1v) is 7.79. The normalized spacial score (nSPS) is 10.8. The van der Waals surface area contributed by atoms with Gasteiger partial charge in [0.1, 0.15) is 0 Å². The van der Waals surface area contributed by atoms with Gasteiger partial charge in [-0.3, -0.25) is 0 Å². The van der Waals surface area contributed by atoms with Crippen molar-refractivity contribution in [2.45, 2.75) is 37.3 Å². The third-order valence-corrected chi connectivity index (χ3v) is 3.85. The first-order valence-electron chi connectivity index (χ1n) is 6.80. The van der Waals surface area contributed by atoms with Gasteiger partial charge in [0.2, 0.25) is 5.16 Å². The average molecular weight is 302 g/mol. The van der Waals surface area contributed by atoms with E-state index in [4.69, 9.17) is 5.26 Å². The maximum Gasteiger partial charge on any atom is 0.209 e. The van der Waals surface area contributed by atoms with E-state index in [0.717, 1.165) is 29.6 Å². The Morgan fingerprint density at radius 1 is 1.33 bits per heavy atom. The Labute approximate surface area is 128 Å². The lowest BCUT2D eigenvalue weighted by atomic mass is 10.2. The minimum absolute atomic E-state index is 0.455. The van der Waals surface area contributed by atoms with E-state index in [-0.39, 0.29) is 0 Å². The van der Waals surface area contributed by atoms with Crippen LogP contribution in [0.1, 0.15) is 25.0 Å². The highest BCUT2D eigenvalue weighted by molar-refractivity contribution is 7.98. The Morgan fingerprint density at radius 2 is 2.10 bits per heavy atom. The van der Waals surface area contributed by atoms with Crippen LogP contribution in [-0.2, 0) is 12.3 Å². The van der Waals surface area contributed by atoms with Crippen molar-refractivity contribution in [1.82, 2.24) is 25.5 Å². The van der Waals surface area contributed by atoms with Gasteiger partial charge >= 0.3 is 0 Å². The van der Waals surface area contributed by atoms with Crippen LogP contribution in [0.5, 0.6) is 0 Å². The first-order chi connectivity index (χ1) is 10.2. The number of rotatable bonds is 7. The van der Waals surface area contributed by atoms with Gasteiger partial charge in [-0.2, -0.15) is 5.26 Å². The molecular weight excluding hydrogens is 284 g/mol. The molecule has 0 unspecified atom stereocenters. The van der Waals surface area contributed by atoms with E-state index in [0.29, 0.717) is 11.6 Å². The van der Waals surface area contributed by atoms with E-state index < -0.39 is 0 Å². The summed E-state index contributed by atoms with van der Waals surface area (Å²) in [6.07, 6.45) is 0. The molecule has 110 valence electrons. The van der Waals surface area contributed by atoms with E-state index in [9.17, 15) is 0 Å². The number of hydrogen-bond acceptors (Lipinski definition) is 6. The number of thioether (sulfide) groups is 1. The molecule has 2 aromatic rings. The Balaban J connectivity index is 1.88. The zero-order valence-electron chi connectivity index (χ0n) is 12.2. The third-order valence-electron chi connectivity index (χ3n) is 2.83. The fraction of sp³-hybridized carbons (Fsp3) is 0.429. The molecular formula is C14H18N6S. The second-order valence-electron chi connectivity index (χ2n) is 4.89. The van der Waals surface area contributed by atoms with Crippen LogP contribution < -0.4 is 5.32 Å². The molecule has 0 bridgehead atoms. The van der Waals surface area contributed by atoms with Crippen molar-refractivity contribution in [1.29, 1.82) is 5.26 Å². The molecule has 1 heterocycles. The fourth-order valence-electron chi connectivity index (χ4n) is 1.72. The predicted octanol–water partition coefficient (Wildman–Crippen LogP) is 1.84. The fourth-order valence-corrected chi connectivity index (χ4v) is 2.58. The van der Waals surface area contributed by atoms with Gasteiger partial charge in [0, 0.05) is 18.3 Å².